The Balaban J connectivity index is 1.85. The van der Waals surface area contributed by atoms with Gasteiger partial charge in [-0.15, -0.1) is 0 Å². The van der Waals surface area contributed by atoms with Crippen LogP contribution in [0.4, 0.5) is 4.79 Å². The van der Waals surface area contributed by atoms with Gasteiger partial charge in [-0.3, -0.25) is 0 Å². The van der Waals surface area contributed by atoms with E-state index >= 15 is 0 Å². The van der Waals surface area contributed by atoms with Gasteiger partial charge < -0.3 is 23.8 Å². The van der Waals surface area contributed by atoms with Gasteiger partial charge in [0.1, 0.15) is 0 Å². The van der Waals surface area contributed by atoms with Gasteiger partial charge in [0.25, 0.3) is 0 Å². The summed E-state index contributed by atoms with van der Waals surface area (Å²) in [7, 11) is 6.48. The zero-order valence-corrected chi connectivity index (χ0v) is 18.1. The second-order valence-corrected chi connectivity index (χ2v) is 7.84. The lowest BCUT2D eigenvalue weighted by atomic mass is 9.86. The summed E-state index contributed by atoms with van der Waals surface area (Å²) in [4.78, 5) is 14.1. The van der Waals surface area contributed by atoms with Crippen LogP contribution in [-0.2, 0) is 22.3 Å². The van der Waals surface area contributed by atoms with E-state index in [4.69, 9.17) is 18.9 Å². The van der Waals surface area contributed by atoms with Gasteiger partial charge in [-0.1, -0.05) is 6.07 Å². The number of fused-ring (bicyclic) bond motifs is 3. The summed E-state index contributed by atoms with van der Waals surface area (Å²) in [6.45, 7) is 0.747. The molecule has 1 heterocycles. The first-order chi connectivity index (χ1) is 14.6. The monoisotopic (exact) mass is 411 g/mol. The van der Waals surface area contributed by atoms with E-state index in [0.717, 1.165) is 55.2 Å². The summed E-state index contributed by atoms with van der Waals surface area (Å²) in [5.74, 6) is 2.40. The third-order valence-corrected chi connectivity index (χ3v) is 6.30. The molecule has 1 amide bonds. The number of allylic oxidation sites excluding steroid dienone is 1. The number of nitrogens with zero attached hydrogens (tertiary/aromatic N) is 1. The summed E-state index contributed by atoms with van der Waals surface area (Å²) in [6, 6.07) is 6.54. The van der Waals surface area contributed by atoms with E-state index < -0.39 is 0 Å². The molecule has 0 saturated carbocycles. The number of aryl methyl sites for hydroxylation is 1. The zero-order valence-electron chi connectivity index (χ0n) is 18.1. The molecule has 2 aromatic carbocycles. The average Bonchev–Trinajstić information content (AvgIpc) is 3.25. The van der Waals surface area contributed by atoms with Crippen LogP contribution < -0.4 is 9.47 Å². The molecule has 0 N–H and O–H groups in total. The Morgan fingerprint density at radius 3 is 2.40 bits per heavy atom. The Bertz CT molecular complexity index is 997. The molecule has 0 spiro atoms. The molecule has 1 saturated heterocycles. The lowest BCUT2D eigenvalue weighted by Gasteiger charge is -2.26. The first kappa shape index (κ1) is 20.4. The Kier molecular flexibility index (Phi) is 5.75. The number of likely N-dealkylation sites (tertiary alicyclic amines) is 1. The van der Waals surface area contributed by atoms with E-state index in [0.29, 0.717) is 11.5 Å². The Labute approximate surface area is 177 Å². The fourth-order valence-corrected chi connectivity index (χ4v) is 4.76. The fourth-order valence-electron chi connectivity index (χ4n) is 4.76. The van der Waals surface area contributed by atoms with Crippen LogP contribution in [0.25, 0.3) is 16.8 Å². The van der Waals surface area contributed by atoms with E-state index in [1.165, 1.54) is 23.8 Å². The molecule has 0 aromatic heterocycles. The molecular weight excluding hydrogens is 382 g/mol. The van der Waals surface area contributed by atoms with Gasteiger partial charge in [0.15, 0.2) is 11.5 Å². The van der Waals surface area contributed by atoms with Crippen molar-refractivity contribution in [2.75, 3.05) is 35.0 Å². The summed E-state index contributed by atoms with van der Waals surface area (Å²) < 4.78 is 21.7. The van der Waals surface area contributed by atoms with Crippen LogP contribution >= 0.6 is 0 Å². The lowest BCUT2D eigenvalue weighted by molar-refractivity contribution is 0.119. The fraction of sp³-hybridized carbons (Fsp3) is 0.458. The summed E-state index contributed by atoms with van der Waals surface area (Å²) in [6.07, 6.45) is 6.47. The molecule has 30 heavy (non-hydrogen) atoms. The van der Waals surface area contributed by atoms with Crippen LogP contribution in [0.15, 0.2) is 24.0 Å². The molecule has 1 atom stereocenters. The molecule has 6 nitrogen and oxygen atoms in total. The minimum Gasteiger partial charge on any atom is -0.501 e. The molecule has 4 rings (SSSR count). The minimum atomic E-state index is -0.244. The second kappa shape index (κ2) is 8.46. The van der Waals surface area contributed by atoms with Crippen molar-refractivity contribution in [1.29, 1.82) is 0 Å². The zero-order chi connectivity index (χ0) is 21.3. The second-order valence-electron chi connectivity index (χ2n) is 7.84. The number of rotatable bonds is 5. The quantitative estimate of drug-likeness (QED) is 0.722. The van der Waals surface area contributed by atoms with Gasteiger partial charge in [0.05, 0.1) is 34.2 Å². The summed E-state index contributed by atoms with van der Waals surface area (Å²) >= 11 is 0. The standard InChI is InChI=1S/C24H29NO5/c1-27-18-8-7-15-10-16(11-17-6-5-9-25(17)24(26)30-4)20-13-22(28-2)23(29-3)14-21(20)19(15)12-18/h10,12-14,17H,5-9,11H2,1-4H3. The highest BCUT2D eigenvalue weighted by Gasteiger charge is 2.30. The Morgan fingerprint density at radius 1 is 1.00 bits per heavy atom. The van der Waals surface area contributed by atoms with E-state index in [2.05, 4.69) is 24.3 Å². The van der Waals surface area contributed by atoms with Crippen molar-refractivity contribution in [3.05, 3.63) is 40.6 Å². The van der Waals surface area contributed by atoms with Crippen molar-refractivity contribution in [1.82, 2.24) is 4.90 Å². The van der Waals surface area contributed by atoms with Crippen LogP contribution in [0.5, 0.6) is 11.5 Å². The number of amides is 1. The van der Waals surface area contributed by atoms with Gasteiger partial charge in [0.2, 0.25) is 0 Å². The number of hydrogen-bond acceptors (Lipinski definition) is 5. The highest BCUT2D eigenvalue weighted by molar-refractivity contribution is 5.97. The summed E-state index contributed by atoms with van der Waals surface area (Å²) in [5, 5.41) is 2.24. The molecule has 2 aliphatic rings. The van der Waals surface area contributed by atoms with Crippen molar-refractivity contribution >= 4 is 22.9 Å². The van der Waals surface area contributed by atoms with Crippen LogP contribution in [0.2, 0.25) is 0 Å². The van der Waals surface area contributed by atoms with Crippen molar-refractivity contribution < 1.29 is 23.7 Å². The number of methoxy groups -OCH3 is 4. The highest BCUT2D eigenvalue weighted by atomic mass is 16.5. The highest BCUT2D eigenvalue weighted by Crippen LogP contribution is 2.40. The SMILES string of the molecule is COC(=O)N1CCCC1Cc1cc2c(c3cc(OC)c(OC)cc13)C=C(OC)CC2. The number of benzene rings is 2. The van der Waals surface area contributed by atoms with Crippen molar-refractivity contribution in [3.8, 4) is 11.5 Å². The largest absolute Gasteiger partial charge is 0.501 e. The van der Waals surface area contributed by atoms with Gasteiger partial charge in [-0.05, 0) is 71.4 Å². The molecule has 1 aliphatic heterocycles. The Morgan fingerprint density at radius 2 is 1.73 bits per heavy atom. The van der Waals surface area contributed by atoms with Gasteiger partial charge >= 0.3 is 6.09 Å². The van der Waals surface area contributed by atoms with Crippen molar-refractivity contribution in [3.63, 3.8) is 0 Å². The lowest BCUT2D eigenvalue weighted by Crippen LogP contribution is -2.36. The van der Waals surface area contributed by atoms with E-state index in [1.54, 1.807) is 21.3 Å². The summed E-state index contributed by atoms with van der Waals surface area (Å²) in [5.41, 5.74) is 3.70. The van der Waals surface area contributed by atoms with E-state index in [9.17, 15) is 4.79 Å². The minimum absolute atomic E-state index is 0.139. The third kappa shape index (κ3) is 3.55. The number of carbonyl (C=O) groups is 1. The van der Waals surface area contributed by atoms with E-state index in [1.807, 2.05) is 4.90 Å². The molecule has 2 aromatic rings. The molecule has 1 fully saturated rings. The van der Waals surface area contributed by atoms with Gasteiger partial charge in [-0.25, -0.2) is 4.79 Å². The molecule has 160 valence electrons. The topological polar surface area (TPSA) is 57.2 Å². The van der Waals surface area contributed by atoms with Crippen molar-refractivity contribution in [2.45, 2.75) is 38.1 Å². The van der Waals surface area contributed by atoms with Crippen LogP contribution in [0.1, 0.15) is 36.0 Å². The molecule has 6 heteroatoms. The number of ether oxygens (including phenoxy) is 4. The molecule has 1 aliphatic carbocycles. The van der Waals surface area contributed by atoms with Crippen LogP contribution in [0.3, 0.4) is 0 Å². The van der Waals surface area contributed by atoms with E-state index in [-0.39, 0.29) is 12.1 Å². The third-order valence-electron chi connectivity index (χ3n) is 6.30. The van der Waals surface area contributed by atoms with Crippen LogP contribution in [-0.4, -0.2) is 52.0 Å². The van der Waals surface area contributed by atoms with Gasteiger partial charge in [-0.2, -0.15) is 0 Å². The first-order valence-corrected chi connectivity index (χ1v) is 10.4. The number of carbonyl (C=O) groups excluding carboxylic acids is 1. The molecule has 1 unspecified atom stereocenters. The maximum Gasteiger partial charge on any atom is 0.409 e. The van der Waals surface area contributed by atoms with Crippen LogP contribution in [0, 0.1) is 0 Å². The molecule has 0 bridgehead atoms. The predicted octanol–water partition coefficient (Wildman–Crippen LogP) is 4.56. The van der Waals surface area contributed by atoms with Gasteiger partial charge in [0, 0.05) is 19.0 Å². The smallest absolute Gasteiger partial charge is 0.409 e. The maximum absolute atomic E-state index is 12.2. The number of hydrogen-bond donors (Lipinski definition) is 0. The maximum atomic E-state index is 12.2. The predicted molar refractivity (Wildman–Crippen MR) is 116 cm³/mol. The average molecular weight is 411 g/mol. The first-order valence-electron chi connectivity index (χ1n) is 10.4. The molecule has 0 radical (unpaired) electrons. The molecular formula is C24H29NO5. The van der Waals surface area contributed by atoms with Crippen molar-refractivity contribution in [2.24, 2.45) is 0 Å². The normalized spacial score (nSPS) is 18.1. The Hall–Kier alpha value is -2.89.